The lowest BCUT2D eigenvalue weighted by atomic mass is 10.0. The molecule has 0 spiro atoms. The predicted octanol–water partition coefficient (Wildman–Crippen LogP) is 2.84. The van der Waals surface area contributed by atoms with Gasteiger partial charge in [0.05, 0.1) is 0 Å². The first-order valence-corrected chi connectivity index (χ1v) is 7.27. The van der Waals surface area contributed by atoms with Gasteiger partial charge in [-0.05, 0) is 12.5 Å². The second-order valence-corrected chi connectivity index (χ2v) is 5.83. The molecule has 0 aliphatic carbocycles. The summed E-state index contributed by atoms with van der Waals surface area (Å²) >= 11 is 3.56. The van der Waals surface area contributed by atoms with Crippen molar-refractivity contribution in [3.63, 3.8) is 0 Å². The number of amides is 1. The van der Waals surface area contributed by atoms with E-state index in [1.807, 2.05) is 24.3 Å². The van der Waals surface area contributed by atoms with Crippen LogP contribution in [-0.4, -0.2) is 23.9 Å². The van der Waals surface area contributed by atoms with Crippen molar-refractivity contribution in [2.24, 2.45) is 0 Å². The molecule has 1 aliphatic heterocycles. The summed E-state index contributed by atoms with van der Waals surface area (Å²) in [5.41, 5.74) is 0.997. The second kappa shape index (κ2) is 6.23. The average molecular weight is 312 g/mol. The van der Waals surface area contributed by atoms with Gasteiger partial charge >= 0.3 is 0 Å². The number of rotatable bonds is 5. The molecule has 98 valence electrons. The molecular weight excluding hydrogens is 294 g/mol. The highest BCUT2D eigenvalue weighted by atomic mass is 79.9. The van der Waals surface area contributed by atoms with E-state index in [0.717, 1.165) is 24.2 Å². The van der Waals surface area contributed by atoms with E-state index < -0.39 is 0 Å². The Kier molecular flexibility index (Phi) is 4.64. The largest absolute Gasteiger partial charge is 0.492 e. The van der Waals surface area contributed by atoms with Gasteiger partial charge in [-0.2, -0.15) is 0 Å². The van der Waals surface area contributed by atoms with Crippen molar-refractivity contribution >= 4 is 21.8 Å². The number of ether oxygens (including phenoxy) is 1. The van der Waals surface area contributed by atoms with Crippen molar-refractivity contribution in [3.05, 3.63) is 29.8 Å². The molecule has 0 fully saturated rings. The van der Waals surface area contributed by atoms with Crippen molar-refractivity contribution in [3.8, 4) is 5.75 Å². The number of halogens is 1. The van der Waals surface area contributed by atoms with Crippen LogP contribution in [0.1, 0.15) is 31.2 Å². The Morgan fingerprint density at radius 1 is 1.56 bits per heavy atom. The van der Waals surface area contributed by atoms with Crippen LogP contribution >= 0.6 is 15.9 Å². The van der Waals surface area contributed by atoms with Crippen LogP contribution in [0.4, 0.5) is 0 Å². The van der Waals surface area contributed by atoms with Crippen LogP contribution in [0.15, 0.2) is 24.3 Å². The lowest BCUT2D eigenvalue weighted by Gasteiger charge is -2.13. The highest BCUT2D eigenvalue weighted by Gasteiger charge is 2.29. The van der Waals surface area contributed by atoms with Crippen molar-refractivity contribution in [1.82, 2.24) is 5.32 Å². The first-order valence-electron chi connectivity index (χ1n) is 6.36. The van der Waals surface area contributed by atoms with E-state index in [1.165, 1.54) is 0 Å². The summed E-state index contributed by atoms with van der Waals surface area (Å²) in [5, 5.41) is 2.98. The van der Waals surface area contributed by atoms with Gasteiger partial charge in [-0.25, -0.2) is 0 Å². The zero-order chi connectivity index (χ0) is 13.0. The third-order valence-electron chi connectivity index (χ3n) is 3.12. The quantitative estimate of drug-likeness (QED) is 0.849. The number of para-hydroxylation sites is 1. The third-order valence-corrected chi connectivity index (χ3v) is 3.90. The Labute approximate surface area is 116 Å². The zero-order valence-corrected chi connectivity index (χ0v) is 12.1. The van der Waals surface area contributed by atoms with Crippen LogP contribution in [0.3, 0.4) is 0 Å². The Morgan fingerprint density at radius 2 is 2.33 bits per heavy atom. The van der Waals surface area contributed by atoms with Gasteiger partial charge in [-0.3, -0.25) is 4.79 Å². The molecule has 1 N–H and O–H groups in total. The average Bonchev–Trinajstić information content (AvgIpc) is 2.80. The molecule has 2 rings (SSSR count). The number of nitrogens with one attached hydrogen (secondary N) is 1. The molecule has 1 aliphatic rings. The maximum atomic E-state index is 12.1. The molecular formula is C14H18BrNO2. The van der Waals surface area contributed by atoms with E-state index in [1.54, 1.807) is 0 Å². The van der Waals surface area contributed by atoms with E-state index in [9.17, 15) is 4.79 Å². The summed E-state index contributed by atoms with van der Waals surface area (Å²) in [6.07, 6.45) is 2.18. The molecule has 0 radical (unpaired) electrons. The molecule has 1 aromatic carbocycles. The maximum absolute atomic E-state index is 12.1. The number of benzene rings is 1. The number of hydrogen-bond acceptors (Lipinski definition) is 2. The standard InChI is InChI=1S/C14H18BrNO2/c1-2-5-10(15)8-16-14(17)12-9-18-13-7-4-3-6-11(12)13/h3-4,6-7,10,12H,2,5,8-9H2,1H3,(H,16,17). The minimum atomic E-state index is -0.164. The van der Waals surface area contributed by atoms with Gasteiger partial charge in [0.15, 0.2) is 0 Å². The van der Waals surface area contributed by atoms with Gasteiger partial charge in [0.1, 0.15) is 18.3 Å². The Bertz CT molecular complexity index is 422. The third kappa shape index (κ3) is 3.05. The first kappa shape index (κ1) is 13.4. The summed E-state index contributed by atoms with van der Waals surface area (Å²) in [7, 11) is 0. The summed E-state index contributed by atoms with van der Waals surface area (Å²) in [6.45, 7) is 3.26. The van der Waals surface area contributed by atoms with Crippen LogP contribution in [0.2, 0.25) is 0 Å². The Balaban J connectivity index is 1.91. The molecule has 0 saturated heterocycles. The molecule has 0 bridgehead atoms. The Hall–Kier alpha value is -1.03. The topological polar surface area (TPSA) is 38.3 Å². The smallest absolute Gasteiger partial charge is 0.231 e. The van der Waals surface area contributed by atoms with E-state index in [0.29, 0.717) is 18.0 Å². The SMILES string of the molecule is CCCC(Br)CNC(=O)C1COc2ccccc21. The second-order valence-electron chi connectivity index (χ2n) is 4.53. The molecule has 2 atom stereocenters. The number of carbonyl (C=O) groups is 1. The summed E-state index contributed by atoms with van der Waals surface area (Å²) in [5.74, 6) is 0.727. The van der Waals surface area contributed by atoms with Gasteiger partial charge in [0, 0.05) is 16.9 Å². The fourth-order valence-corrected chi connectivity index (χ4v) is 2.75. The molecule has 2 unspecified atom stereocenters. The maximum Gasteiger partial charge on any atom is 0.231 e. The highest BCUT2D eigenvalue weighted by Crippen LogP contribution is 2.33. The minimum absolute atomic E-state index is 0.0560. The van der Waals surface area contributed by atoms with E-state index in [2.05, 4.69) is 28.2 Å². The number of hydrogen-bond donors (Lipinski definition) is 1. The van der Waals surface area contributed by atoms with E-state index in [-0.39, 0.29) is 11.8 Å². The molecule has 0 saturated carbocycles. The number of alkyl halides is 1. The summed E-state index contributed by atoms with van der Waals surface area (Å²) in [6, 6.07) is 7.74. The first-order chi connectivity index (χ1) is 8.72. The summed E-state index contributed by atoms with van der Waals surface area (Å²) < 4.78 is 5.51. The molecule has 1 amide bonds. The van der Waals surface area contributed by atoms with Crippen molar-refractivity contribution in [2.75, 3.05) is 13.2 Å². The van der Waals surface area contributed by atoms with Crippen LogP contribution in [-0.2, 0) is 4.79 Å². The molecule has 18 heavy (non-hydrogen) atoms. The van der Waals surface area contributed by atoms with Crippen molar-refractivity contribution < 1.29 is 9.53 Å². The van der Waals surface area contributed by atoms with Crippen LogP contribution in [0.25, 0.3) is 0 Å². The van der Waals surface area contributed by atoms with Gasteiger partial charge in [0.2, 0.25) is 5.91 Å². The van der Waals surface area contributed by atoms with Crippen LogP contribution in [0, 0.1) is 0 Å². The zero-order valence-electron chi connectivity index (χ0n) is 10.5. The van der Waals surface area contributed by atoms with Crippen molar-refractivity contribution in [2.45, 2.75) is 30.5 Å². The number of fused-ring (bicyclic) bond motifs is 1. The fourth-order valence-electron chi connectivity index (χ4n) is 2.13. The molecule has 0 aromatic heterocycles. The molecule has 3 nitrogen and oxygen atoms in total. The molecule has 1 aromatic rings. The van der Waals surface area contributed by atoms with Gasteiger partial charge in [-0.1, -0.05) is 47.5 Å². The highest BCUT2D eigenvalue weighted by molar-refractivity contribution is 9.09. The fraction of sp³-hybridized carbons (Fsp3) is 0.500. The van der Waals surface area contributed by atoms with Gasteiger partial charge in [0.25, 0.3) is 0 Å². The minimum Gasteiger partial charge on any atom is -0.492 e. The van der Waals surface area contributed by atoms with Crippen LogP contribution < -0.4 is 10.1 Å². The lowest BCUT2D eigenvalue weighted by Crippen LogP contribution is -2.34. The van der Waals surface area contributed by atoms with Gasteiger partial charge in [-0.15, -0.1) is 0 Å². The molecule has 1 heterocycles. The summed E-state index contributed by atoms with van der Waals surface area (Å²) in [4.78, 5) is 12.5. The Morgan fingerprint density at radius 3 is 3.11 bits per heavy atom. The van der Waals surface area contributed by atoms with Gasteiger partial charge < -0.3 is 10.1 Å². The predicted molar refractivity (Wildman–Crippen MR) is 75.3 cm³/mol. The monoisotopic (exact) mass is 311 g/mol. The molecule has 4 heteroatoms. The van der Waals surface area contributed by atoms with Crippen molar-refractivity contribution in [1.29, 1.82) is 0 Å². The lowest BCUT2D eigenvalue weighted by molar-refractivity contribution is -0.122. The normalized spacial score (nSPS) is 18.9. The van der Waals surface area contributed by atoms with E-state index >= 15 is 0 Å². The van der Waals surface area contributed by atoms with Crippen LogP contribution in [0.5, 0.6) is 5.75 Å². The number of carbonyl (C=O) groups excluding carboxylic acids is 1. The van der Waals surface area contributed by atoms with E-state index in [4.69, 9.17) is 4.74 Å².